The van der Waals surface area contributed by atoms with E-state index in [9.17, 15) is 9.59 Å². The number of carbonyl (C=O) groups excluding carboxylic acids is 2. The molecule has 1 rings (SSSR count). The van der Waals surface area contributed by atoms with Gasteiger partial charge in [-0.2, -0.15) is 0 Å². The average Bonchev–Trinajstić information content (AvgIpc) is 2.36. The Kier molecular flexibility index (Phi) is 5.31. The van der Waals surface area contributed by atoms with Crippen molar-refractivity contribution in [3.63, 3.8) is 0 Å². The van der Waals surface area contributed by atoms with Crippen molar-refractivity contribution in [3.8, 4) is 5.75 Å². The lowest BCUT2D eigenvalue weighted by atomic mass is 10.0. The van der Waals surface area contributed by atoms with Crippen molar-refractivity contribution in [2.45, 2.75) is 46.6 Å². The van der Waals surface area contributed by atoms with Gasteiger partial charge in [0.25, 0.3) is 5.91 Å². The van der Waals surface area contributed by atoms with Crippen LogP contribution in [0.3, 0.4) is 0 Å². The maximum Gasteiger partial charge on any atom is 0.258 e. The van der Waals surface area contributed by atoms with Crippen molar-refractivity contribution in [1.29, 1.82) is 0 Å². The van der Waals surface area contributed by atoms with E-state index in [0.717, 1.165) is 23.8 Å². The Morgan fingerprint density at radius 3 is 2.30 bits per heavy atom. The zero-order chi connectivity index (χ0) is 15.3. The second kappa shape index (κ2) is 6.55. The first-order valence-electron chi connectivity index (χ1n) is 6.79. The van der Waals surface area contributed by atoms with Crippen molar-refractivity contribution in [1.82, 2.24) is 5.32 Å². The zero-order valence-corrected chi connectivity index (χ0v) is 12.9. The predicted octanol–water partition coefficient (Wildman–Crippen LogP) is 2.80. The van der Waals surface area contributed by atoms with Gasteiger partial charge in [0.1, 0.15) is 12.0 Å². The molecule has 0 bridgehead atoms. The van der Waals surface area contributed by atoms with Gasteiger partial charge in [-0.3, -0.25) is 9.59 Å². The third-order valence-electron chi connectivity index (χ3n) is 3.33. The molecule has 0 unspecified atom stereocenters. The zero-order valence-electron chi connectivity index (χ0n) is 12.9. The molecule has 4 nitrogen and oxygen atoms in total. The molecule has 1 N–H and O–H groups in total. The second-order valence-corrected chi connectivity index (χ2v) is 5.68. The average molecular weight is 277 g/mol. The van der Waals surface area contributed by atoms with Crippen molar-refractivity contribution in [2.75, 3.05) is 6.61 Å². The molecule has 0 saturated carbocycles. The summed E-state index contributed by atoms with van der Waals surface area (Å²) < 4.78 is 5.59. The first-order valence-corrected chi connectivity index (χ1v) is 6.79. The molecule has 0 fully saturated rings. The molecule has 0 radical (unpaired) electrons. The van der Waals surface area contributed by atoms with E-state index in [1.807, 2.05) is 34.6 Å². The summed E-state index contributed by atoms with van der Waals surface area (Å²) >= 11 is 0. The van der Waals surface area contributed by atoms with E-state index in [1.165, 1.54) is 0 Å². The van der Waals surface area contributed by atoms with Gasteiger partial charge in [0.2, 0.25) is 0 Å². The monoisotopic (exact) mass is 277 g/mol. The van der Waals surface area contributed by atoms with Gasteiger partial charge in [0.05, 0.1) is 0 Å². The molecule has 20 heavy (non-hydrogen) atoms. The number of benzene rings is 1. The Morgan fingerprint density at radius 1 is 1.30 bits per heavy atom. The summed E-state index contributed by atoms with van der Waals surface area (Å²) in [5.41, 5.74) is 2.10. The number of nitrogens with one attached hydrogen (secondary N) is 1. The molecular formula is C16H23NO3. The van der Waals surface area contributed by atoms with E-state index in [0.29, 0.717) is 11.3 Å². The number of aryl methyl sites for hydroxylation is 2. The van der Waals surface area contributed by atoms with Crippen LogP contribution in [0.4, 0.5) is 0 Å². The fourth-order valence-corrected chi connectivity index (χ4v) is 1.92. The summed E-state index contributed by atoms with van der Waals surface area (Å²) in [7, 11) is 0. The van der Waals surface area contributed by atoms with E-state index in [2.05, 4.69) is 5.32 Å². The fraction of sp³-hybridized carbons (Fsp3) is 0.500. The number of hydrogen-bond acceptors (Lipinski definition) is 3. The highest BCUT2D eigenvalue weighted by Crippen LogP contribution is 2.24. The number of rotatable bonds is 6. The largest absolute Gasteiger partial charge is 0.483 e. The summed E-state index contributed by atoms with van der Waals surface area (Å²) in [4.78, 5) is 22.6. The highest BCUT2D eigenvalue weighted by atomic mass is 16.5. The van der Waals surface area contributed by atoms with Gasteiger partial charge in [-0.25, -0.2) is 0 Å². The normalized spacial score (nSPS) is 11.1. The van der Waals surface area contributed by atoms with Gasteiger partial charge < -0.3 is 10.1 Å². The topological polar surface area (TPSA) is 55.4 Å². The van der Waals surface area contributed by atoms with E-state index in [4.69, 9.17) is 4.74 Å². The molecular weight excluding hydrogens is 254 g/mol. The molecule has 0 atom stereocenters. The van der Waals surface area contributed by atoms with Gasteiger partial charge in [-0.05, 0) is 57.4 Å². The number of amides is 1. The quantitative estimate of drug-likeness (QED) is 0.813. The summed E-state index contributed by atoms with van der Waals surface area (Å²) in [5.74, 6) is 0.523. The number of hydrogen-bond donors (Lipinski definition) is 1. The Hall–Kier alpha value is -1.84. The van der Waals surface area contributed by atoms with Crippen LogP contribution in [0.2, 0.25) is 0 Å². The van der Waals surface area contributed by atoms with Crippen LogP contribution >= 0.6 is 0 Å². The third-order valence-corrected chi connectivity index (χ3v) is 3.33. The Balaban J connectivity index is 2.71. The molecule has 0 aliphatic carbocycles. The van der Waals surface area contributed by atoms with Crippen molar-refractivity contribution in [2.24, 2.45) is 0 Å². The maximum atomic E-state index is 11.8. The van der Waals surface area contributed by atoms with Crippen LogP contribution in [0.15, 0.2) is 12.1 Å². The Bertz CT molecular complexity index is 483. The van der Waals surface area contributed by atoms with Gasteiger partial charge in [0.15, 0.2) is 6.61 Å². The first-order chi connectivity index (χ1) is 9.29. The van der Waals surface area contributed by atoms with Crippen molar-refractivity contribution in [3.05, 3.63) is 28.8 Å². The first kappa shape index (κ1) is 16.2. The molecule has 1 amide bonds. The third kappa shape index (κ3) is 4.37. The molecule has 0 heterocycles. The van der Waals surface area contributed by atoms with E-state index in [1.54, 1.807) is 12.1 Å². The predicted molar refractivity (Wildman–Crippen MR) is 79.3 cm³/mol. The lowest BCUT2D eigenvalue weighted by Gasteiger charge is -2.24. The molecule has 1 aromatic rings. The van der Waals surface area contributed by atoms with Crippen LogP contribution in [0, 0.1) is 13.8 Å². The van der Waals surface area contributed by atoms with Crippen LogP contribution in [0.25, 0.3) is 0 Å². The van der Waals surface area contributed by atoms with E-state index < -0.39 is 0 Å². The van der Waals surface area contributed by atoms with Gasteiger partial charge >= 0.3 is 0 Å². The van der Waals surface area contributed by atoms with Gasteiger partial charge in [-0.15, -0.1) is 0 Å². The Labute approximate surface area is 120 Å². The minimum Gasteiger partial charge on any atom is -0.483 e. The van der Waals surface area contributed by atoms with Crippen LogP contribution < -0.4 is 10.1 Å². The van der Waals surface area contributed by atoms with Crippen LogP contribution in [0.5, 0.6) is 5.75 Å². The molecule has 0 saturated heterocycles. The Morgan fingerprint density at radius 2 is 1.85 bits per heavy atom. The smallest absolute Gasteiger partial charge is 0.258 e. The molecule has 0 aromatic heterocycles. The fourth-order valence-electron chi connectivity index (χ4n) is 1.92. The summed E-state index contributed by atoms with van der Waals surface area (Å²) in [6, 6.07) is 3.51. The van der Waals surface area contributed by atoms with Crippen LogP contribution in [-0.4, -0.2) is 24.3 Å². The minimum atomic E-state index is -0.230. The van der Waals surface area contributed by atoms with Crippen molar-refractivity contribution >= 4 is 12.2 Å². The van der Waals surface area contributed by atoms with E-state index in [-0.39, 0.29) is 18.1 Å². The standard InChI is InChI=1S/C16H23NO3/c1-6-16(4,5)17-14(19)10-20-15-11(2)7-13(9-18)8-12(15)3/h7-9H,6,10H2,1-5H3,(H,17,19). The number of carbonyl (C=O) groups is 2. The molecule has 0 aliphatic heterocycles. The molecule has 110 valence electrons. The SMILES string of the molecule is CCC(C)(C)NC(=O)COc1c(C)cc(C=O)cc1C. The highest BCUT2D eigenvalue weighted by Gasteiger charge is 2.18. The summed E-state index contributed by atoms with van der Waals surface area (Å²) in [5, 5.41) is 2.92. The van der Waals surface area contributed by atoms with Gasteiger partial charge in [-0.1, -0.05) is 6.92 Å². The molecule has 1 aromatic carbocycles. The summed E-state index contributed by atoms with van der Waals surface area (Å²) in [6.07, 6.45) is 1.66. The maximum absolute atomic E-state index is 11.8. The molecule has 0 aliphatic rings. The van der Waals surface area contributed by atoms with Crippen LogP contribution in [-0.2, 0) is 4.79 Å². The molecule has 0 spiro atoms. The number of aldehydes is 1. The minimum absolute atomic E-state index is 0.0223. The second-order valence-electron chi connectivity index (χ2n) is 5.68. The van der Waals surface area contributed by atoms with E-state index >= 15 is 0 Å². The highest BCUT2D eigenvalue weighted by molar-refractivity contribution is 5.79. The molecule has 4 heteroatoms. The summed E-state index contributed by atoms with van der Waals surface area (Å²) in [6.45, 7) is 9.67. The van der Waals surface area contributed by atoms with Crippen molar-refractivity contribution < 1.29 is 14.3 Å². The number of ether oxygens (including phenoxy) is 1. The van der Waals surface area contributed by atoms with Crippen LogP contribution in [0.1, 0.15) is 48.7 Å². The van der Waals surface area contributed by atoms with Gasteiger partial charge in [0, 0.05) is 11.1 Å². The lowest BCUT2D eigenvalue weighted by molar-refractivity contribution is -0.124. The lowest BCUT2D eigenvalue weighted by Crippen LogP contribution is -2.44.